The number of fused-ring (bicyclic) bond motifs is 1. The second-order valence-electron chi connectivity index (χ2n) is 11.1. The Kier molecular flexibility index (Phi) is 12.4. The molecule has 4 rings (SSSR count). The van der Waals surface area contributed by atoms with Gasteiger partial charge in [-0.3, -0.25) is 19.2 Å². The number of methoxy groups -OCH3 is 1. The normalized spacial score (nSPS) is 17.9. The third-order valence-corrected chi connectivity index (χ3v) is 7.83. The highest BCUT2D eigenvalue weighted by molar-refractivity contribution is 5.99. The quantitative estimate of drug-likeness (QED) is 0.348. The standard InChI is InChI=1S/C35H42N4O7/c1-38-23-33(41)39(2)26(22-25-10-5-4-6-11-25)24-46-31-13-8-7-12-29(31)34(42)37-30(18-19-32(38)40)35(43)36-20-9-21-45-28-16-14-27(44-3)15-17-28/h4-8,10-17,26,30H,9,18-24H2,1-3H3,(H,36,43)(H,37,42)/t26-,30+/m1/s1. The van der Waals surface area contributed by atoms with Gasteiger partial charge in [0.05, 0.1) is 31.9 Å². The number of hydrogen-bond acceptors (Lipinski definition) is 7. The van der Waals surface area contributed by atoms with Crippen molar-refractivity contribution in [2.75, 3.05) is 47.5 Å². The summed E-state index contributed by atoms with van der Waals surface area (Å²) in [6.45, 7) is 0.653. The molecule has 1 aliphatic rings. The minimum absolute atomic E-state index is 0.0436. The van der Waals surface area contributed by atoms with Crippen LogP contribution in [0.1, 0.15) is 35.2 Å². The van der Waals surface area contributed by atoms with Gasteiger partial charge in [0.15, 0.2) is 0 Å². The molecular formula is C35H42N4O7. The van der Waals surface area contributed by atoms with E-state index in [1.807, 2.05) is 30.3 Å². The molecule has 0 aliphatic carbocycles. The molecule has 46 heavy (non-hydrogen) atoms. The maximum atomic E-state index is 13.5. The van der Waals surface area contributed by atoms with E-state index in [1.165, 1.54) is 4.90 Å². The lowest BCUT2D eigenvalue weighted by Crippen LogP contribution is -2.48. The molecule has 244 valence electrons. The van der Waals surface area contributed by atoms with Gasteiger partial charge in [-0.15, -0.1) is 0 Å². The van der Waals surface area contributed by atoms with Crippen LogP contribution in [0.2, 0.25) is 0 Å². The maximum Gasteiger partial charge on any atom is 0.255 e. The van der Waals surface area contributed by atoms with Crippen molar-refractivity contribution in [2.24, 2.45) is 0 Å². The molecule has 1 aliphatic heterocycles. The first-order chi connectivity index (χ1) is 22.2. The van der Waals surface area contributed by atoms with Crippen LogP contribution in [0.25, 0.3) is 0 Å². The molecule has 0 bridgehead atoms. The SMILES string of the molecule is COc1ccc(OCCCNC(=O)[C@@H]2CCC(=O)N(C)CC(=O)N(C)[C@H](Cc3ccccc3)COc3ccccc3C(=O)N2)cc1. The number of amides is 4. The Balaban J connectivity index is 1.45. The number of likely N-dealkylation sites (N-methyl/N-ethyl adjacent to an activating group) is 2. The number of carbonyl (C=O) groups is 4. The highest BCUT2D eigenvalue weighted by Crippen LogP contribution is 2.21. The Labute approximate surface area is 269 Å². The summed E-state index contributed by atoms with van der Waals surface area (Å²) in [4.78, 5) is 56.1. The van der Waals surface area contributed by atoms with Crippen molar-refractivity contribution >= 4 is 23.6 Å². The summed E-state index contributed by atoms with van der Waals surface area (Å²) in [5, 5.41) is 5.65. The fraction of sp³-hybridized carbons (Fsp3) is 0.371. The monoisotopic (exact) mass is 630 g/mol. The van der Waals surface area contributed by atoms with E-state index in [4.69, 9.17) is 14.2 Å². The summed E-state index contributed by atoms with van der Waals surface area (Å²) < 4.78 is 17.0. The van der Waals surface area contributed by atoms with E-state index in [2.05, 4.69) is 10.6 Å². The smallest absolute Gasteiger partial charge is 0.255 e. The van der Waals surface area contributed by atoms with Gasteiger partial charge in [-0.1, -0.05) is 42.5 Å². The van der Waals surface area contributed by atoms with Crippen LogP contribution in [0.5, 0.6) is 17.2 Å². The first kappa shape index (κ1) is 33.8. The van der Waals surface area contributed by atoms with Gasteiger partial charge in [0.25, 0.3) is 5.91 Å². The molecule has 11 heteroatoms. The van der Waals surface area contributed by atoms with Crippen LogP contribution in [0.15, 0.2) is 78.9 Å². The number of para-hydroxylation sites is 1. The Morgan fingerprint density at radius 3 is 2.37 bits per heavy atom. The fourth-order valence-electron chi connectivity index (χ4n) is 5.00. The molecule has 0 unspecified atom stereocenters. The molecule has 2 atom stereocenters. The van der Waals surface area contributed by atoms with E-state index in [0.717, 1.165) is 11.3 Å². The molecular weight excluding hydrogens is 588 g/mol. The van der Waals surface area contributed by atoms with Crippen molar-refractivity contribution in [1.29, 1.82) is 0 Å². The topological polar surface area (TPSA) is 127 Å². The Bertz CT molecular complexity index is 1470. The van der Waals surface area contributed by atoms with Gasteiger partial charge in [-0.2, -0.15) is 0 Å². The molecule has 0 saturated heterocycles. The third-order valence-electron chi connectivity index (χ3n) is 7.83. The number of ether oxygens (including phenoxy) is 3. The van der Waals surface area contributed by atoms with Gasteiger partial charge in [-0.05, 0) is 61.2 Å². The lowest BCUT2D eigenvalue weighted by molar-refractivity contribution is -0.140. The summed E-state index contributed by atoms with van der Waals surface area (Å²) >= 11 is 0. The summed E-state index contributed by atoms with van der Waals surface area (Å²) in [5.74, 6) is 0.257. The van der Waals surface area contributed by atoms with Crippen molar-refractivity contribution in [3.8, 4) is 17.2 Å². The summed E-state index contributed by atoms with van der Waals surface area (Å²) in [6, 6.07) is 22.3. The van der Waals surface area contributed by atoms with Crippen LogP contribution >= 0.6 is 0 Å². The number of hydrogen-bond donors (Lipinski definition) is 2. The van der Waals surface area contributed by atoms with Crippen molar-refractivity contribution in [3.05, 3.63) is 90.0 Å². The lowest BCUT2D eigenvalue weighted by atomic mass is 10.1. The highest BCUT2D eigenvalue weighted by atomic mass is 16.5. The molecule has 0 fully saturated rings. The number of carbonyl (C=O) groups excluding carboxylic acids is 4. The molecule has 4 amide bonds. The largest absolute Gasteiger partial charge is 0.497 e. The average Bonchev–Trinajstić information content (AvgIpc) is 3.08. The van der Waals surface area contributed by atoms with Crippen LogP contribution in [0.4, 0.5) is 0 Å². The molecule has 1 heterocycles. The predicted molar refractivity (Wildman–Crippen MR) is 173 cm³/mol. The van der Waals surface area contributed by atoms with Gasteiger partial charge >= 0.3 is 0 Å². The van der Waals surface area contributed by atoms with Crippen LogP contribution in [0.3, 0.4) is 0 Å². The Hall–Kier alpha value is -5.06. The van der Waals surface area contributed by atoms with Crippen molar-refractivity contribution in [1.82, 2.24) is 20.4 Å². The van der Waals surface area contributed by atoms with Crippen LogP contribution in [-0.2, 0) is 20.8 Å². The van der Waals surface area contributed by atoms with E-state index in [1.54, 1.807) is 74.6 Å². The van der Waals surface area contributed by atoms with Crippen LogP contribution < -0.4 is 24.8 Å². The van der Waals surface area contributed by atoms with E-state index in [0.29, 0.717) is 37.5 Å². The minimum Gasteiger partial charge on any atom is -0.497 e. The van der Waals surface area contributed by atoms with E-state index in [9.17, 15) is 19.2 Å². The fourth-order valence-corrected chi connectivity index (χ4v) is 5.00. The second kappa shape index (κ2) is 16.9. The second-order valence-corrected chi connectivity index (χ2v) is 11.1. The van der Waals surface area contributed by atoms with Gasteiger partial charge in [-0.25, -0.2) is 0 Å². The Morgan fingerprint density at radius 2 is 1.63 bits per heavy atom. The summed E-state index contributed by atoms with van der Waals surface area (Å²) in [5.41, 5.74) is 1.27. The summed E-state index contributed by atoms with van der Waals surface area (Å²) in [7, 11) is 4.84. The Morgan fingerprint density at radius 1 is 0.935 bits per heavy atom. The number of benzene rings is 3. The molecule has 11 nitrogen and oxygen atoms in total. The zero-order valence-corrected chi connectivity index (χ0v) is 26.6. The first-order valence-corrected chi connectivity index (χ1v) is 15.4. The molecule has 0 radical (unpaired) electrons. The molecule has 0 saturated carbocycles. The van der Waals surface area contributed by atoms with E-state index < -0.39 is 17.9 Å². The number of rotatable bonds is 9. The first-order valence-electron chi connectivity index (χ1n) is 15.4. The van der Waals surface area contributed by atoms with E-state index in [-0.39, 0.29) is 49.4 Å². The van der Waals surface area contributed by atoms with Crippen LogP contribution in [-0.4, -0.2) is 93.0 Å². The minimum atomic E-state index is -0.991. The number of nitrogens with zero attached hydrogens (tertiary/aromatic N) is 2. The van der Waals surface area contributed by atoms with Crippen LogP contribution in [0, 0.1) is 0 Å². The maximum absolute atomic E-state index is 13.5. The van der Waals surface area contributed by atoms with Gasteiger partial charge in [0, 0.05) is 27.1 Å². The van der Waals surface area contributed by atoms with Gasteiger partial charge < -0.3 is 34.6 Å². The predicted octanol–water partition coefficient (Wildman–Crippen LogP) is 3.08. The zero-order valence-electron chi connectivity index (χ0n) is 26.6. The third kappa shape index (κ3) is 9.72. The lowest BCUT2D eigenvalue weighted by Gasteiger charge is -2.30. The molecule has 3 aromatic rings. The van der Waals surface area contributed by atoms with Crippen molar-refractivity contribution < 1.29 is 33.4 Å². The van der Waals surface area contributed by atoms with E-state index >= 15 is 0 Å². The summed E-state index contributed by atoms with van der Waals surface area (Å²) in [6.07, 6.45) is 1.05. The molecule has 3 aromatic carbocycles. The van der Waals surface area contributed by atoms with Gasteiger partial charge in [0.2, 0.25) is 17.7 Å². The number of nitrogens with one attached hydrogen (secondary N) is 2. The van der Waals surface area contributed by atoms with Crippen molar-refractivity contribution in [3.63, 3.8) is 0 Å². The molecule has 2 N–H and O–H groups in total. The highest BCUT2D eigenvalue weighted by Gasteiger charge is 2.28. The molecule has 0 aromatic heterocycles. The molecule has 0 spiro atoms. The average molecular weight is 631 g/mol. The zero-order chi connectivity index (χ0) is 32.9. The van der Waals surface area contributed by atoms with Gasteiger partial charge in [0.1, 0.15) is 29.9 Å². The van der Waals surface area contributed by atoms with Crippen molar-refractivity contribution in [2.45, 2.75) is 37.8 Å².